The second kappa shape index (κ2) is 11.2. The van der Waals surface area contributed by atoms with E-state index in [0.717, 1.165) is 80.3 Å². The number of pyridine rings is 1. The molecule has 2 N–H and O–H groups in total. The summed E-state index contributed by atoms with van der Waals surface area (Å²) < 4.78 is 6.24. The molecule has 2 aliphatic rings. The Kier molecular flexibility index (Phi) is 8.01. The minimum absolute atomic E-state index is 0.259. The van der Waals surface area contributed by atoms with E-state index in [-0.39, 0.29) is 5.41 Å². The molecule has 8 nitrogen and oxygen atoms in total. The third-order valence-corrected chi connectivity index (χ3v) is 8.48. The van der Waals surface area contributed by atoms with Gasteiger partial charge in [0.1, 0.15) is 5.82 Å². The molecule has 5 rings (SSSR count). The summed E-state index contributed by atoms with van der Waals surface area (Å²) in [6, 6.07) is 6.73. The zero-order valence-electron chi connectivity index (χ0n) is 25.7. The predicted molar refractivity (Wildman–Crippen MR) is 162 cm³/mol. The highest BCUT2D eigenvalue weighted by atomic mass is 16.5. The number of anilines is 1. The fourth-order valence-corrected chi connectivity index (χ4v) is 6.25. The van der Waals surface area contributed by atoms with Gasteiger partial charge in [0, 0.05) is 61.1 Å². The molecule has 1 atom stereocenters. The predicted octanol–water partition coefficient (Wildman–Crippen LogP) is 6.21. The highest BCUT2D eigenvalue weighted by molar-refractivity contribution is 5.88. The molecule has 1 saturated heterocycles. The van der Waals surface area contributed by atoms with E-state index in [9.17, 15) is 9.90 Å². The number of carboxylic acids is 1. The van der Waals surface area contributed by atoms with Gasteiger partial charge in [-0.2, -0.15) is 0 Å². The van der Waals surface area contributed by atoms with Gasteiger partial charge in [-0.25, -0.2) is 9.78 Å². The number of rotatable bonds is 7. The minimum Gasteiger partial charge on any atom is -0.479 e. The molecule has 8 heteroatoms. The number of H-pyrrole nitrogens is 1. The fraction of sp³-hybridized carbons (Fsp3) is 0.545. The van der Waals surface area contributed by atoms with Gasteiger partial charge in [0.25, 0.3) is 0 Å². The Morgan fingerprint density at radius 1 is 1.12 bits per heavy atom. The molecular formula is C33H45N5O3. The van der Waals surface area contributed by atoms with E-state index in [2.05, 4.69) is 58.7 Å². The number of piperidine rings is 1. The van der Waals surface area contributed by atoms with Crippen molar-refractivity contribution in [3.8, 4) is 11.1 Å². The number of hydrogen-bond donors (Lipinski definition) is 2. The van der Waals surface area contributed by atoms with Crippen LogP contribution in [0.1, 0.15) is 87.5 Å². The van der Waals surface area contributed by atoms with Gasteiger partial charge in [-0.1, -0.05) is 32.0 Å². The number of aryl methyl sites for hydroxylation is 2. The van der Waals surface area contributed by atoms with E-state index in [0.29, 0.717) is 11.3 Å². The third-order valence-electron chi connectivity index (χ3n) is 8.48. The van der Waals surface area contributed by atoms with E-state index in [1.54, 1.807) is 6.20 Å². The van der Waals surface area contributed by atoms with Crippen molar-refractivity contribution in [3.63, 3.8) is 0 Å². The Morgan fingerprint density at radius 3 is 2.49 bits per heavy atom. The van der Waals surface area contributed by atoms with Gasteiger partial charge in [-0.15, -0.1) is 0 Å². The topological polar surface area (TPSA) is 94.6 Å². The number of carbonyl (C=O) groups is 1. The second-order valence-electron chi connectivity index (χ2n) is 13.5. The summed E-state index contributed by atoms with van der Waals surface area (Å²) in [5, 5.41) is 10.4. The first kappa shape index (κ1) is 29.3. The van der Waals surface area contributed by atoms with Crippen LogP contribution in [0.3, 0.4) is 0 Å². The lowest BCUT2D eigenvalue weighted by Crippen LogP contribution is -2.39. The lowest BCUT2D eigenvalue weighted by atomic mass is 9.81. The number of aromatic amines is 1. The number of benzene rings is 1. The van der Waals surface area contributed by atoms with E-state index < -0.39 is 17.7 Å². The van der Waals surface area contributed by atoms with E-state index in [1.165, 1.54) is 11.1 Å². The number of aromatic nitrogens is 3. The molecule has 41 heavy (non-hydrogen) atoms. The van der Waals surface area contributed by atoms with Crippen LogP contribution >= 0.6 is 0 Å². The van der Waals surface area contributed by atoms with Crippen LogP contribution in [0, 0.1) is 19.3 Å². The average Bonchev–Trinajstić information content (AvgIpc) is 3.39. The van der Waals surface area contributed by atoms with Gasteiger partial charge in [0.2, 0.25) is 0 Å². The first-order chi connectivity index (χ1) is 19.3. The number of nitrogens with one attached hydrogen (secondary N) is 1. The van der Waals surface area contributed by atoms with Gasteiger partial charge in [-0.05, 0) is 76.0 Å². The molecule has 1 unspecified atom stereocenters. The highest BCUT2D eigenvalue weighted by Gasteiger charge is 2.36. The largest absolute Gasteiger partial charge is 0.479 e. The summed E-state index contributed by atoms with van der Waals surface area (Å²) in [4.78, 5) is 30.1. The van der Waals surface area contributed by atoms with E-state index >= 15 is 0 Å². The molecule has 0 saturated carbocycles. The first-order valence-electron chi connectivity index (χ1n) is 14.8. The van der Waals surface area contributed by atoms with Crippen LogP contribution in [0.2, 0.25) is 0 Å². The fourth-order valence-electron chi connectivity index (χ4n) is 6.25. The summed E-state index contributed by atoms with van der Waals surface area (Å²) in [5.74, 6) is -0.000859. The lowest BCUT2D eigenvalue weighted by Gasteiger charge is -2.41. The molecule has 0 spiro atoms. The van der Waals surface area contributed by atoms with Crippen LogP contribution in [0.15, 0.2) is 30.6 Å². The molecule has 2 aliphatic heterocycles. The smallest absolute Gasteiger partial charge is 0.337 e. The minimum atomic E-state index is -1.11. The third kappa shape index (κ3) is 6.49. The van der Waals surface area contributed by atoms with Crippen molar-refractivity contribution < 1.29 is 14.6 Å². The van der Waals surface area contributed by atoms with Crippen molar-refractivity contribution in [2.75, 3.05) is 24.5 Å². The molecule has 1 fully saturated rings. The van der Waals surface area contributed by atoms with Gasteiger partial charge in [0.15, 0.2) is 6.10 Å². The number of carboxylic acid groups (broad SMARTS) is 1. The molecule has 220 valence electrons. The van der Waals surface area contributed by atoms with Crippen LogP contribution < -0.4 is 4.90 Å². The molecule has 4 heterocycles. The summed E-state index contributed by atoms with van der Waals surface area (Å²) in [6.45, 7) is 18.7. The molecule has 0 bridgehead atoms. The quantitative estimate of drug-likeness (QED) is 0.355. The summed E-state index contributed by atoms with van der Waals surface area (Å²) in [7, 11) is 0. The second-order valence-corrected chi connectivity index (χ2v) is 13.5. The average molecular weight is 560 g/mol. The summed E-state index contributed by atoms with van der Waals surface area (Å²) in [5.41, 5.74) is 7.69. The zero-order chi connectivity index (χ0) is 29.5. The summed E-state index contributed by atoms with van der Waals surface area (Å²) >= 11 is 0. The van der Waals surface area contributed by atoms with Crippen molar-refractivity contribution in [1.29, 1.82) is 0 Å². The molecule has 0 aliphatic carbocycles. The number of fused-ring (bicyclic) bond motifs is 1. The van der Waals surface area contributed by atoms with Crippen LogP contribution in [-0.2, 0) is 29.0 Å². The number of ether oxygens (including phenoxy) is 1. The number of hydrogen-bond acceptors (Lipinski definition) is 6. The molecule has 0 amide bonds. The SMILES string of the molecule is Cc1nc(C)c(C(OC(C)(C)C)C(=O)O)c(N2CCC(C)(C)CC2)c1-c1ccc2c(c1)CCN(Cc1ncc[nH]1)C2. The maximum atomic E-state index is 12.8. The van der Waals surface area contributed by atoms with Gasteiger partial charge in [0.05, 0.1) is 17.8 Å². The Hall–Kier alpha value is -3.23. The van der Waals surface area contributed by atoms with Crippen LogP contribution in [-0.4, -0.2) is 56.2 Å². The Labute approximate surface area is 244 Å². The molecular weight excluding hydrogens is 514 g/mol. The van der Waals surface area contributed by atoms with Crippen molar-refractivity contribution in [2.45, 2.75) is 92.5 Å². The number of nitrogens with zero attached hydrogens (tertiary/aromatic N) is 4. The zero-order valence-corrected chi connectivity index (χ0v) is 25.7. The van der Waals surface area contributed by atoms with E-state index in [1.807, 2.05) is 33.9 Å². The van der Waals surface area contributed by atoms with Crippen molar-refractivity contribution >= 4 is 11.7 Å². The highest BCUT2D eigenvalue weighted by Crippen LogP contribution is 2.45. The number of aliphatic carboxylic acids is 1. The lowest BCUT2D eigenvalue weighted by molar-refractivity contribution is -0.160. The van der Waals surface area contributed by atoms with Crippen molar-refractivity contribution in [3.05, 3.63) is 64.5 Å². The Bertz CT molecular complexity index is 1400. The molecule has 2 aromatic heterocycles. The van der Waals surface area contributed by atoms with Crippen LogP contribution in [0.25, 0.3) is 11.1 Å². The Balaban J connectivity index is 1.60. The first-order valence-corrected chi connectivity index (χ1v) is 14.8. The molecule has 1 aromatic carbocycles. The van der Waals surface area contributed by atoms with Gasteiger partial charge >= 0.3 is 5.97 Å². The van der Waals surface area contributed by atoms with Crippen LogP contribution in [0.5, 0.6) is 0 Å². The summed E-state index contributed by atoms with van der Waals surface area (Å²) in [6.07, 6.45) is 5.59. The number of imidazole rings is 1. The Morgan fingerprint density at radius 2 is 1.85 bits per heavy atom. The molecule has 3 aromatic rings. The van der Waals surface area contributed by atoms with Crippen molar-refractivity contribution in [1.82, 2.24) is 19.9 Å². The monoisotopic (exact) mass is 559 g/mol. The van der Waals surface area contributed by atoms with E-state index in [4.69, 9.17) is 9.72 Å². The van der Waals surface area contributed by atoms with Gasteiger partial charge < -0.3 is 19.7 Å². The van der Waals surface area contributed by atoms with Crippen molar-refractivity contribution in [2.24, 2.45) is 5.41 Å². The maximum Gasteiger partial charge on any atom is 0.337 e. The maximum absolute atomic E-state index is 12.8. The normalized spacial score (nSPS) is 18.3. The van der Waals surface area contributed by atoms with Crippen LogP contribution in [0.4, 0.5) is 5.69 Å². The standard InChI is InChI=1S/C33H45N5O3/c1-21-27(24-8-9-25-19-37(15-10-23(25)18-24)20-26-34-13-14-35-26)29(38-16-11-33(6,7)12-17-38)28(22(2)36-21)30(31(39)40)41-32(3,4)5/h8-9,13-14,18,30H,10-12,15-17,19-20H2,1-7H3,(H,34,35)(H,39,40). The van der Waals surface area contributed by atoms with Gasteiger partial charge in [-0.3, -0.25) is 9.88 Å². The molecule has 0 radical (unpaired) electrons.